The van der Waals surface area contributed by atoms with Crippen LogP contribution in [0.4, 0.5) is 21.5 Å². The van der Waals surface area contributed by atoms with E-state index < -0.39 is 6.04 Å². The lowest BCUT2D eigenvalue weighted by Gasteiger charge is -2.36. The second kappa shape index (κ2) is 12.4. The molecule has 0 unspecified atom stereocenters. The fourth-order valence-electron chi connectivity index (χ4n) is 5.16. The zero-order chi connectivity index (χ0) is 27.2. The van der Waals surface area contributed by atoms with Crippen molar-refractivity contribution in [2.75, 3.05) is 54.4 Å². The smallest absolute Gasteiger partial charge is 0.256 e. The van der Waals surface area contributed by atoms with E-state index in [4.69, 9.17) is 12.2 Å². The Labute approximate surface area is 233 Å². The van der Waals surface area contributed by atoms with E-state index in [9.17, 15) is 14.0 Å². The highest BCUT2D eigenvalue weighted by molar-refractivity contribution is 7.80. The Morgan fingerprint density at radius 1 is 0.846 bits per heavy atom. The first-order chi connectivity index (χ1) is 19.0. The molecule has 0 spiro atoms. The van der Waals surface area contributed by atoms with Gasteiger partial charge in [0.25, 0.3) is 5.91 Å². The minimum absolute atomic E-state index is 0.0265. The van der Waals surface area contributed by atoms with E-state index in [2.05, 4.69) is 39.4 Å². The normalized spacial score (nSPS) is 18.1. The Morgan fingerprint density at radius 3 is 2.15 bits per heavy atom. The summed E-state index contributed by atoms with van der Waals surface area (Å²) in [7, 11) is 0. The van der Waals surface area contributed by atoms with Crippen molar-refractivity contribution in [3.63, 3.8) is 0 Å². The van der Waals surface area contributed by atoms with Crippen LogP contribution in [-0.2, 0) is 9.59 Å². The van der Waals surface area contributed by atoms with E-state index in [1.54, 1.807) is 12.1 Å². The molecule has 1 atom stereocenters. The molecule has 9 heteroatoms. The molecule has 0 aromatic heterocycles. The third-order valence-electron chi connectivity index (χ3n) is 7.21. The summed E-state index contributed by atoms with van der Waals surface area (Å²) in [4.78, 5) is 34.5. The molecule has 2 aliphatic heterocycles. The van der Waals surface area contributed by atoms with Crippen LogP contribution in [0, 0.1) is 5.82 Å². The van der Waals surface area contributed by atoms with Gasteiger partial charge in [0.05, 0.1) is 12.1 Å². The predicted octanol–water partition coefficient (Wildman–Crippen LogP) is 4.37. The number of nitrogens with zero attached hydrogens (tertiary/aromatic N) is 4. The molecule has 202 valence electrons. The van der Waals surface area contributed by atoms with Crippen molar-refractivity contribution >= 4 is 46.2 Å². The summed E-state index contributed by atoms with van der Waals surface area (Å²) in [5.74, 6) is -0.920. The van der Waals surface area contributed by atoms with Gasteiger partial charge in [0.15, 0.2) is 5.11 Å². The Kier molecular flexibility index (Phi) is 8.48. The van der Waals surface area contributed by atoms with Crippen LogP contribution in [-0.4, -0.2) is 72.0 Å². The third kappa shape index (κ3) is 6.43. The first-order valence-electron chi connectivity index (χ1n) is 13.3. The molecular weight excluding hydrogens is 513 g/mol. The number of carbonyl (C=O) groups excluding carboxylic acids is 2. The lowest BCUT2D eigenvalue weighted by Crippen LogP contribution is -2.47. The van der Waals surface area contributed by atoms with E-state index in [1.165, 1.54) is 34.9 Å². The van der Waals surface area contributed by atoms with Gasteiger partial charge in [-0.15, -0.1) is 0 Å². The maximum atomic E-state index is 13.6. The highest BCUT2D eigenvalue weighted by atomic mass is 32.1. The number of halogens is 1. The molecule has 0 radical (unpaired) electrons. The van der Waals surface area contributed by atoms with Gasteiger partial charge >= 0.3 is 0 Å². The zero-order valence-corrected chi connectivity index (χ0v) is 22.5. The standard InChI is InChI=1S/C30H32FN5O2S/c31-23-12-14-26(15-13-23)36-29(38)27(22-28(37)32-24-8-3-1-4-9-24)35(30(36)39)17-7-16-33-18-20-34(21-19-33)25-10-5-2-6-11-25/h1-6,8-15,27H,7,16-22H2,(H,32,37)/t27-/m0/s1. The minimum Gasteiger partial charge on any atom is -0.369 e. The molecule has 7 nitrogen and oxygen atoms in total. The van der Waals surface area contributed by atoms with Gasteiger partial charge in [0.1, 0.15) is 11.9 Å². The van der Waals surface area contributed by atoms with Gasteiger partial charge in [0.2, 0.25) is 5.91 Å². The summed E-state index contributed by atoms with van der Waals surface area (Å²) >= 11 is 5.74. The molecule has 3 aromatic rings. The number of amides is 2. The van der Waals surface area contributed by atoms with Gasteiger partial charge in [-0.3, -0.25) is 19.4 Å². The molecule has 2 amide bonds. The molecule has 2 heterocycles. The molecule has 39 heavy (non-hydrogen) atoms. The number of para-hydroxylation sites is 2. The maximum Gasteiger partial charge on any atom is 0.256 e. The van der Waals surface area contributed by atoms with Crippen LogP contribution >= 0.6 is 12.2 Å². The molecule has 0 aliphatic carbocycles. The van der Waals surface area contributed by atoms with Gasteiger partial charge in [-0.05, 0) is 73.7 Å². The fourth-order valence-corrected chi connectivity index (χ4v) is 5.57. The monoisotopic (exact) mass is 545 g/mol. The van der Waals surface area contributed by atoms with Crippen molar-refractivity contribution < 1.29 is 14.0 Å². The van der Waals surface area contributed by atoms with Gasteiger partial charge < -0.3 is 15.1 Å². The van der Waals surface area contributed by atoms with Crippen molar-refractivity contribution in [1.82, 2.24) is 9.80 Å². The lowest BCUT2D eigenvalue weighted by molar-refractivity contribution is -0.124. The summed E-state index contributed by atoms with van der Waals surface area (Å²) < 4.78 is 13.6. The summed E-state index contributed by atoms with van der Waals surface area (Å²) in [5, 5.41) is 3.22. The van der Waals surface area contributed by atoms with Crippen molar-refractivity contribution in [3.05, 3.63) is 90.7 Å². The Morgan fingerprint density at radius 2 is 1.49 bits per heavy atom. The number of thiocarbonyl (C=S) groups is 1. The fraction of sp³-hybridized carbons (Fsp3) is 0.300. The molecule has 2 aliphatic rings. The van der Waals surface area contributed by atoms with Crippen LogP contribution in [0.1, 0.15) is 12.8 Å². The van der Waals surface area contributed by atoms with E-state index in [1.807, 2.05) is 29.2 Å². The maximum absolute atomic E-state index is 13.6. The van der Waals surface area contributed by atoms with Gasteiger partial charge in [-0.1, -0.05) is 36.4 Å². The molecule has 5 rings (SSSR count). The van der Waals surface area contributed by atoms with Crippen molar-refractivity contribution in [1.29, 1.82) is 0 Å². The van der Waals surface area contributed by atoms with Crippen LogP contribution < -0.4 is 15.1 Å². The number of piperazine rings is 1. The van der Waals surface area contributed by atoms with Gasteiger partial charge in [0, 0.05) is 44.1 Å². The SMILES string of the molecule is O=C(C[C@H]1C(=O)N(c2ccc(F)cc2)C(=S)N1CCCN1CCN(c2ccccc2)CC1)Nc1ccccc1. The van der Waals surface area contributed by atoms with Crippen LogP contribution in [0.5, 0.6) is 0 Å². The average molecular weight is 546 g/mol. The van der Waals surface area contributed by atoms with Crippen LogP contribution in [0.15, 0.2) is 84.9 Å². The highest BCUT2D eigenvalue weighted by Gasteiger charge is 2.43. The molecule has 1 N–H and O–H groups in total. The molecule has 2 saturated heterocycles. The molecule has 2 fully saturated rings. The number of hydrogen-bond donors (Lipinski definition) is 1. The largest absolute Gasteiger partial charge is 0.369 e. The van der Waals surface area contributed by atoms with Crippen molar-refractivity contribution in [2.45, 2.75) is 18.9 Å². The minimum atomic E-state index is -0.721. The Balaban J connectivity index is 1.22. The van der Waals surface area contributed by atoms with Crippen LogP contribution in [0.2, 0.25) is 0 Å². The van der Waals surface area contributed by atoms with Crippen molar-refractivity contribution in [3.8, 4) is 0 Å². The van der Waals surface area contributed by atoms with Gasteiger partial charge in [-0.2, -0.15) is 0 Å². The first kappa shape index (κ1) is 26.8. The van der Waals surface area contributed by atoms with Crippen LogP contribution in [0.3, 0.4) is 0 Å². The summed E-state index contributed by atoms with van der Waals surface area (Å²) in [6, 6.07) is 24.6. The topological polar surface area (TPSA) is 59.1 Å². The van der Waals surface area contributed by atoms with Gasteiger partial charge in [-0.25, -0.2) is 4.39 Å². The zero-order valence-electron chi connectivity index (χ0n) is 21.7. The summed E-state index contributed by atoms with van der Waals surface area (Å²) in [6.07, 6.45) is 0.772. The van der Waals surface area contributed by atoms with E-state index >= 15 is 0 Å². The van der Waals surface area contributed by atoms with Crippen molar-refractivity contribution in [2.24, 2.45) is 0 Å². The molecule has 0 bridgehead atoms. The number of carbonyl (C=O) groups is 2. The number of benzene rings is 3. The summed E-state index contributed by atoms with van der Waals surface area (Å²) in [6.45, 7) is 5.27. The van der Waals surface area contributed by atoms with Crippen LogP contribution in [0.25, 0.3) is 0 Å². The second-order valence-corrected chi connectivity index (χ2v) is 10.1. The number of hydrogen-bond acceptors (Lipinski definition) is 5. The Hall–Kier alpha value is -3.82. The molecule has 0 saturated carbocycles. The summed E-state index contributed by atoms with van der Waals surface area (Å²) in [5.41, 5.74) is 2.42. The third-order valence-corrected chi connectivity index (χ3v) is 7.62. The predicted molar refractivity (Wildman–Crippen MR) is 156 cm³/mol. The molecular formula is C30H32FN5O2S. The van der Waals surface area contributed by atoms with E-state index in [0.717, 1.165) is 39.1 Å². The average Bonchev–Trinajstić information content (AvgIpc) is 3.19. The van der Waals surface area contributed by atoms with E-state index in [-0.39, 0.29) is 24.1 Å². The Bertz CT molecular complexity index is 1280. The second-order valence-electron chi connectivity index (χ2n) is 9.78. The first-order valence-corrected chi connectivity index (χ1v) is 13.7. The quantitative estimate of drug-likeness (QED) is 0.403. The highest BCUT2D eigenvalue weighted by Crippen LogP contribution is 2.28. The molecule has 3 aromatic carbocycles. The lowest BCUT2D eigenvalue weighted by atomic mass is 10.1. The number of anilines is 3. The number of nitrogens with one attached hydrogen (secondary N) is 1. The number of rotatable bonds is 9. The van der Waals surface area contributed by atoms with E-state index in [0.29, 0.717) is 23.0 Å².